The SMILES string of the molecule is c1ccc(-c2ccc3c(c2)oc2cc(N(c4ccc(-c5ccc6c7ccccc7c7c(-c8ccccc8)c8ccccc8n7c6c5)cc4)c4cccc5ccccc45)ccc23)cc1. The molecule has 0 radical (unpaired) electrons. The summed E-state index contributed by atoms with van der Waals surface area (Å²) in [7, 11) is 0. The molecule has 0 unspecified atom stereocenters. The predicted molar refractivity (Wildman–Crippen MR) is 266 cm³/mol. The molecule has 0 aliphatic carbocycles. The van der Waals surface area contributed by atoms with Crippen molar-refractivity contribution in [2.45, 2.75) is 0 Å². The van der Waals surface area contributed by atoms with Crippen molar-refractivity contribution in [1.82, 2.24) is 4.40 Å². The van der Waals surface area contributed by atoms with Crippen molar-refractivity contribution >= 4 is 87.9 Å². The summed E-state index contributed by atoms with van der Waals surface area (Å²) in [4.78, 5) is 2.36. The van der Waals surface area contributed by atoms with E-state index in [2.05, 4.69) is 240 Å². The Hall–Kier alpha value is -8.40. The highest BCUT2D eigenvalue weighted by molar-refractivity contribution is 6.22. The van der Waals surface area contributed by atoms with Crippen LogP contribution in [0.1, 0.15) is 0 Å². The smallest absolute Gasteiger partial charge is 0.137 e. The van der Waals surface area contributed by atoms with E-state index >= 15 is 0 Å². The molecule has 63 heavy (non-hydrogen) atoms. The predicted octanol–water partition coefficient (Wildman–Crippen LogP) is 16.9. The lowest BCUT2D eigenvalue weighted by atomic mass is 9.97. The molecule has 0 N–H and O–H groups in total. The highest BCUT2D eigenvalue weighted by Gasteiger charge is 2.21. The molecule has 10 aromatic carbocycles. The van der Waals surface area contributed by atoms with E-state index in [9.17, 15) is 0 Å². The van der Waals surface area contributed by atoms with Crippen LogP contribution in [0.3, 0.4) is 0 Å². The van der Waals surface area contributed by atoms with Crippen molar-refractivity contribution in [1.29, 1.82) is 0 Å². The van der Waals surface area contributed by atoms with E-state index in [0.29, 0.717) is 0 Å². The zero-order valence-electron chi connectivity index (χ0n) is 34.2. The number of aromatic nitrogens is 1. The lowest BCUT2D eigenvalue weighted by Gasteiger charge is -2.27. The average Bonchev–Trinajstić information content (AvgIpc) is 3.91. The second-order valence-corrected chi connectivity index (χ2v) is 16.5. The molecule has 294 valence electrons. The molecule has 0 aliphatic heterocycles. The molecule has 13 aromatic rings. The number of para-hydroxylation sites is 1. The van der Waals surface area contributed by atoms with Gasteiger partial charge in [0.15, 0.2) is 0 Å². The van der Waals surface area contributed by atoms with Crippen molar-refractivity contribution in [3.05, 3.63) is 231 Å². The second kappa shape index (κ2) is 14.1. The van der Waals surface area contributed by atoms with Gasteiger partial charge in [0.05, 0.1) is 22.2 Å². The maximum Gasteiger partial charge on any atom is 0.137 e. The molecule has 0 saturated heterocycles. The number of anilines is 3. The molecule has 3 aromatic heterocycles. The van der Waals surface area contributed by atoms with Gasteiger partial charge < -0.3 is 13.7 Å². The van der Waals surface area contributed by atoms with Crippen LogP contribution in [-0.4, -0.2) is 4.40 Å². The Morgan fingerprint density at radius 2 is 0.873 bits per heavy atom. The van der Waals surface area contributed by atoms with E-state index in [1.54, 1.807) is 0 Å². The van der Waals surface area contributed by atoms with Crippen molar-refractivity contribution < 1.29 is 4.42 Å². The Morgan fingerprint density at radius 1 is 0.317 bits per heavy atom. The summed E-state index contributed by atoms with van der Waals surface area (Å²) in [6, 6.07) is 83.4. The molecule has 0 bridgehead atoms. The number of rotatable bonds is 6. The number of hydrogen-bond acceptors (Lipinski definition) is 2. The van der Waals surface area contributed by atoms with Crippen LogP contribution in [-0.2, 0) is 0 Å². The first-order valence-corrected chi connectivity index (χ1v) is 21.6. The summed E-state index contributed by atoms with van der Waals surface area (Å²) < 4.78 is 9.15. The van der Waals surface area contributed by atoms with Crippen LogP contribution < -0.4 is 4.90 Å². The van der Waals surface area contributed by atoms with Gasteiger partial charge in [-0.25, -0.2) is 0 Å². The number of pyridine rings is 1. The topological polar surface area (TPSA) is 20.8 Å². The summed E-state index contributed by atoms with van der Waals surface area (Å²) in [6.45, 7) is 0. The van der Waals surface area contributed by atoms with E-state index in [1.165, 1.54) is 71.1 Å². The Labute approximate surface area is 363 Å². The van der Waals surface area contributed by atoms with Crippen molar-refractivity contribution in [2.75, 3.05) is 4.90 Å². The van der Waals surface area contributed by atoms with Gasteiger partial charge in [0, 0.05) is 55.3 Å². The van der Waals surface area contributed by atoms with Gasteiger partial charge in [-0.05, 0) is 93.2 Å². The standard InChI is InChI=1S/C60H38N2O/c1-3-14-39(15-4-1)44-29-34-50-51-35-32-46(38-58(51)63-57(50)37-44)61(54-25-13-19-41-16-7-8-20-47(41)54)45-30-26-40(27-31-45)43-28-33-49-48-21-9-10-22-52(48)60-59(42-17-5-2-6-18-42)53-23-11-12-24-55(53)62(60)56(49)36-43/h1-38H. The van der Waals surface area contributed by atoms with Gasteiger partial charge in [0.25, 0.3) is 0 Å². The summed E-state index contributed by atoms with van der Waals surface area (Å²) in [5.41, 5.74) is 15.7. The molecule has 0 atom stereocenters. The highest BCUT2D eigenvalue weighted by atomic mass is 16.3. The van der Waals surface area contributed by atoms with Crippen LogP contribution >= 0.6 is 0 Å². The maximum atomic E-state index is 6.66. The number of fused-ring (bicyclic) bond motifs is 12. The van der Waals surface area contributed by atoms with Crippen LogP contribution in [0.15, 0.2) is 235 Å². The van der Waals surface area contributed by atoms with E-state index in [4.69, 9.17) is 4.42 Å². The Balaban J connectivity index is 0.968. The van der Waals surface area contributed by atoms with Gasteiger partial charge >= 0.3 is 0 Å². The minimum Gasteiger partial charge on any atom is -0.456 e. The largest absolute Gasteiger partial charge is 0.456 e. The molecular weight excluding hydrogens is 765 g/mol. The molecule has 3 heterocycles. The summed E-state index contributed by atoms with van der Waals surface area (Å²) >= 11 is 0. The number of hydrogen-bond donors (Lipinski definition) is 0. The van der Waals surface area contributed by atoms with E-state index in [-0.39, 0.29) is 0 Å². The zero-order valence-corrected chi connectivity index (χ0v) is 34.2. The second-order valence-electron chi connectivity index (χ2n) is 16.5. The van der Waals surface area contributed by atoms with E-state index < -0.39 is 0 Å². The molecular formula is C60H38N2O. The molecule has 3 heteroatoms. The van der Waals surface area contributed by atoms with Crippen molar-refractivity contribution in [3.63, 3.8) is 0 Å². The summed E-state index contributed by atoms with van der Waals surface area (Å²) in [6.07, 6.45) is 0. The van der Waals surface area contributed by atoms with Crippen LogP contribution in [0.4, 0.5) is 17.1 Å². The van der Waals surface area contributed by atoms with Crippen LogP contribution in [0, 0.1) is 0 Å². The van der Waals surface area contributed by atoms with Gasteiger partial charge in [-0.3, -0.25) is 0 Å². The quantitative estimate of drug-likeness (QED) is 0.156. The third-order valence-corrected chi connectivity index (χ3v) is 12.9. The Morgan fingerprint density at radius 3 is 1.67 bits per heavy atom. The normalized spacial score (nSPS) is 11.8. The molecule has 0 amide bonds. The fraction of sp³-hybridized carbons (Fsp3) is 0. The lowest BCUT2D eigenvalue weighted by molar-refractivity contribution is 0.669. The monoisotopic (exact) mass is 802 g/mol. The lowest BCUT2D eigenvalue weighted by Crippen LogP contribution is -2.10. The first-order chi connectivity index (χ1) is 31.2. The Bertz CT molecular complexity index is 3890. The van der Waals surface area contributed by atoms with Gasteiger partial charge in [-0.2, -0.15) is 0 Å². The molecule has 0 saturated carbocycles. The Kier molecular flexibility index (Phi) is 7.91. The van der Waals surface area contributed by atoms with E-state index in [0.717, 1.165) is 50.1 Å². The van der Waals surface area contributed by atoms with Gasteiger partial charge in [0.1, 0.15) is 11.2 Å². The maximum absolute atomic E-state index is 6.66. The first-order valence-electron chi connectivity index (χ1n) is 21.6. The molecule has 0 spiro atoms. The summed E-state index contributed by atoms with van der Waals surface area (Å²) in [5, 5.41) is 9.58. The average molecular weight is 803 g/mol. The number of nitrogens with zero attached hydrogens (tertiary/aromatic N) is 2. The zero-order chi connectivity index (χ0) is 41.4. The highest BCUT2D eigenvalue weighted by Crippen LogP contribution is 2.45. The van der Waals surface area contributed by atoms with Crippen LogP contribution in [0.2, 0.25) is 0 Å². The third-order valence-electron chi connectivity index (χ3n) is 12.9. The van der Waals surface area contributed by atoms with E-state index in [1.807, 2.05) is 0 Å². The molecule has 3 nitrogen and oxygen atoms in total. The van der Waals surface area contributed by atoms with Crippen LogP contribution in [0.5, 0.6) is 0 Å². The van der Waals surface area contributed by atoms with Crippen molar-refractivity contribution in [3.8, 4) is 33.4 Å². The fourth-order valence-electron chi connectivity index (χ4n) is 10.0. The van der Waals surface area contributed by atoms with Crippen LogP contribution in [0.25, 0.3) is 104 Å². The molecule has 13 rings (SSSR count). The van der Waals surface area contributed by atoms with Crippen molar-refractivity contribution in [2.24, 2.45) is 0 Å². The fourth-order valence-corrected chi connectivity index (χ4v) is 10.0. The van der Waals surface area contributed by atoms with Gasteiger partial charge in [-0.1, -0.05) is 170 Å². The summed E-state index contributed by atoms with van der Waals surface area (Å²) in [5.74, 6) is 0. The van der Waals surface area contributed by atoms with Gasteiger partial charge in [-0.15, -0.1) is 0 Å². The first kappa shape index (κ1) is 35.4. The molecule has 0 aliphatic rings. The third kappa shape index (κ3) is 5.60. The minimum absolute atomic E-state index is 0.859. The number of furan rings is 1. The minimum atomic E-state index is 0.859. The molecule has 0 fully saturated rings. The number of benzene rings is 10. The van der Waals surface area contributed by atoms with Gasteiger partial charge in [0.2, 0.25) is 0 Å².